The predicted octanol–water partition coefficient (Wildman–Crippen LogP) is 2.91. The number of benzene rings is 2. The van der Waals surface area contributed by atoms with E-state index in [1.165, 1.54) is 36.4 Å². The Hall–Kier alpha value is -1.70. The van der Waals surface area contributed by atoms with Crippen LogP contribution in [0.1, 0.15) is 5.56 Å². The van der Waals surface area contributed by atoms with Gasteiger partial charge in [-0.05, 0) is 36.4 Å². The summed E-state index contributed by atoms with van der Waals surface area (Å²) in [5.74, 6) is -0.696. The third-order valence-electron chi connectivity index (χ3n) is 2.63. The lowest BCUT2D eigenvalue weighted by Crippen LogP contribution is -2.19. The molecule has 0 saturated heterocycles. The minimum absolute atomic E-state index is 0.00921. The summed E-state index contributed by atoms with van der Waals surface area (Å²) in [5.41, 5.74) is 5.27. The zero-order valence-corrected chi connectivity index (χ0v) is 12.9. The smallest absolute Gasteiger partial charge is 0.261 e. The number of hydrogen-bond donors (Lipinski definition) is 2. The second kappa shape index (κ2) is 5.97. The molecule has 0 spiro atoms. The van der Waals surface area contributed by atoms with Crippen molar-refractivity contribution < 1.29 is 12.8 Å². The van der Waals surface area contributed by atoms with Gasteiger partial charge in [0.05, 0.1) is 16.1 Å². The van der Waals surface area contributed by atoms with Crippen LogP contribution in [-0.2, 0) is 10.0 Å². The molecule has 0 fully saturated rings. The van der Waals surface area contributed by atoms with Crippen LogP contribution in [-0.4, -0.2) is 13.4 Å². The van der Waals surface area contributed by atoms with Gasteiger partial charge in [-0.3, -0.25) is 4.72 Å². The third-order valence-corrected chi connectivity index (χ3v) is 4.47. The number of halogens is 2. The summed E-state index contributed by atoms with van der Waals surface area (Å²) in [7, 11) is -3.89. The highest BCUT2D eigenvalue weighted by Crippen LogP contribution is 2.23. The largest absolute Gasteiger partial charge is 0.389 e. The Bertz CT molecular complexity index is 792. The van der Waals surface area contributed by atoms with Crippen molar-refractivity contribution in [1.82, 2.24) is 0 Å². The van der Waals surface area contributed by atoms with Crippen molar-refractivity contribution in [2.75, 3.05) is 4.72 Å². The fourth-order valence-electron chi connectivity index (χ4n) is 1.68. The van der Waals surface area contributed by atoms with Gasteiger partial charge in [-0.15, -0.1) is 0 Å². The van der Waals surface area contributed by atoms with Crippen LogP contribution in [0.3, 0.4) is 0 Å². The monoisotopic (exact) mass is 344 g/mol. The minimum Gasteiger partial charge on any atom is -0.389 e. The Morgan fingerprint density at radius 3 is 2.38 bits per heavy atom. The molecule has 0 amide bonds. The maximum absolute atomic E-state index is 13.7. The molecule has 0 aliphatic rings. The number of nitrogens with two attached hydrogens (primary N) is 1. The van der Waals surface area contributed by atoms with Crippen LogP contribution in [0.4, 0.5) is 10.1 Å². The number of sulfonamides is 1. The van der Waals surface area contributed by atoms with Gasteiger partial charge in [0, 0.05) is 5.02 Å². The lowest BCUT2D eigenvalue weighted by Gasteiger charge is -2.12. The first kappa shape index (κ1) is 15.7. The van der Waals surface area contributed by atoms with E-state index in [-0.39, 0.29) is 21.1 Å². The maximum atomic E-state index is 13.7. The Morgan fingerprint density at radius 2 is 1.81 bits per heavy atom. The van der Waals surface area contributed by atoms with Gasteiger partial charge in [-0.1, -0.05) is 29.9 Å². The van der Waals surface area contributed by atoms with Gasteiger partial charge in [-0.2, -0.15) is 0 Å². The minimum atomic E-state index is -3.89. The van der Waals surface area contributed by atoms with Crippen molar-refractivity contribution in [3.05, 3.63) is 58.9 Å². The van der Waals surface area contributed by atoms with Crippen molar-refractivity contribution in [3.8, 4) is 0 Å². The molecule has 0 unspecified atom stereocenters. The maximum Gasteiger partial charge on any atom is 0.261 e. The van der Waals surface area contributed by atoms with Crippen molar-refractivity contribution in [3.63, 3.8) is 0 Å². The second-order valence-corrected chi connectivity index (χ2v) is 6.64. The summed E-state index contributed by atoms with van der Waals surface area (Å²) in [6.45, 7) is 0. The Labute approximate surface area is 131 Å². The zero-order chi connectivity index (χ0) is 15.6. The molecule has 0 radical (unpaired) electrons. The number of nitrogens with one attached hydrogen (secondary N) is 1. The molecule has 0 atom stereocenters. The molecule has 2 rings (SSSR count). The van der Waals surface area contributed by atoms with Crippen molar-refractivity contribution in [2.45, 2.75) is 4.90 Å². The summed E-state index contributed by atoms with van der Waals surface area (Å²) < 4.78 is 40.5. The van der Waals surface area contributed by atoms with E-state index in [1.54, 1.807) is 0 Å². The standard InChI is InChI=1S/C13H10ClFN2O2S2/c14-8-4-6-9(7-5-8)21(18,19)17-11-3-1-2-10(15)12(11)13(16)20/h1-7,17H,(H2,16,20). The highest BCUT2D eigenvalue weighted by atomic mass is 35.5. The van der Waals surface area contributed by atoms with Crippen molar-refractivity contribution in [2.24, 2.45) is 5.73 Å². The van der Waals surface area contributed by atoms with E-state index < -0.39 is 15.8 Å². The van der Waals surface area contributed by atoms with Crippen molar-refractivity contribution >= 4 is 44.5 Å². The second-order valence-electron chi connectivity index (χ2n) is 4.09. The fraction of sp³-hybridized carbons (Fsp3) is 0. The first-order chi connectivity index (χ1) is 9.81. The molecule has 0 bridgehead atoms. The molecule has 2 aromatic rings. The summed E-state index contributed by atoms with van der Waals surface area (Å²) in [5, 5.41) is 0.406. The van der Waals surface area contributed by atoms with Gasteiger partial charge in [0.25, 0.3) is 10.0 Å². The first-order valence-corrected chi connectivity index (χ1v) is 7.95. The van der Waals surface area contributed by atoms with Crippen molar-refractivity contribution in [1.29, 1.82) is 0 Å². The lowest BCUT2D eigenvalue weighted by molar-refractivity contribution is 0.601. The quantitative estimate of drug-likeness (QED) is 0.836. The topological polar surface area (TPSA) is 72.2 Å². The van der Waals surface area contributed by atoms with Gasteiger partial charge < -0.3 is 5.73 Å². The molecule has 21 heavy (non-hydrogen) atoms. The number of hydrogen-bond acceptors (Lipinski definition) is 3. The molecule has 110 valence electrons. The van der Waals surface area contributed by atoms with Crippen LogP contribution in [0.15, 0.2) is 47.4 Å². The Balaban J connectivity index is 2.44. The average molecular weight is 345 g/mol. The molecular weight excluding hydrogens is 335 g/mol. The van der Waals surface area contributed by atoms with E-state index in [2.05, 4.69) is 4.72 Å². The fourth-order valence-corrected chi connectivity index (χ4v) is 3.08. The van der Waals surface area contributed by atoms with Crippen LogP contribution >= 0.6 is 23.8 Å². The SMILES string of the molecule is NC(=S)c1c(F)cccc1NS(=O)(=O)c1ccc(Cl)cc1. The Morgan fingerprint density at radius 1 is 1.19 bits per heavy atom. The van der Waals surface area contributed by atoms with E-state index >= 15 is 0 Å². The van der Waals surface area contributed by atoms with Gasteiger partial charge >= 0.3 is 0 Å². The highest BCUT2D eigenvalue weighted by molar-refractivity contribution is 7.92. The molecule has 0 saturated carbocycles. The van der Waals surface area contributed by atoms with Crippen LogP contribution < -0.4 is 10.5 Å². The van der Waals surface area contributed by atoms with E-state index in [9.17, 15) is 12.8 Å². The summed E-state index contributed by atoms with van der Waals surface area (Å²) in [6, 6.07) is 9.44. The van der Waals surface area contributed by atoms with E-state index in [0.29, 0.717) is 5.02 Å². The lowest BCUT2D eigenvalue weighted by atomic mass is 10.2. The summed E-state index contributed by atoms with van der Waals surface area (Å²) in [4.78, 5) is -0.244. The van der Waals surface area contributed by atoms with E-state index in [1.807, 2.05) is 0 Å². The third kappa shape index (κ3) is 3.49. The van der Waals surface area contributed by atoms with Gasteiger partial charge in [0.1, 0.15) is 10.8 Å². The molecule has 0 aliphatic carbocycles. The molecule has 0 heterocycles. The van der Waals surface area contributed by atoms with E-state index in [0.717, 1.165) is 6.07 Å². The number of rotatable bonds is 4. The van der Waals surface area contributed by atoms with Gasteiger partial charge in [0.15, 0.2) is 0 Å². The number of thiocarbonyl (C=S) groups is 1. The first-order valence-electron chi connectivity index (χ1n) is 5.68. The van der Waals surface area contributed by atoms with Gasteiger partial charge in [-0.25, -0.2) is 12.8 Å². The molecular formula is C13H10ClFN2O2S2. The Kier molecular flexibility index (Phi) is 4.46. The van der Waals surface area contributed by atoms with Crippen LogP contribution in [0, 0.1) is 5.82 Å². The molecule has 0 aromatic heterocycles. The zero-order valence-electron chi connectivity index (χ0n) is 10.5. The summed E-state index contributed by atoms with van der Waals surface area (Å²) >= 11 is 10.5. The summed E-state index contributed by atoms with van der Waals surface area (Å²) in [6.07, 6.45) is 0. The predicted molar refractivity (Wildman–Crippen MR) is 84.5 cm³/mol. The highest BCUT2D eigenvalue weighted by Gasteiger charge is 2.18. The van der Waals surface area contributed by atoms with E-state index in [4.69, 9.17) is 29.6 Å². The molecule has 0 aliphatic heterocycles. The van der Waals surface area contributed by atoms with Crippen LogP contribution in [0.5, 0.6) is 0 Å². The van der Waals surface area contributed by atoms with Crippen LogP contribution in [0.25, 0.3) is 0 Å². The normalized spacial score (nSPS) is 11.1. The molecule has 2 aromatic carbocycles. The molecule has 8 heteroatoms. The van der Waals surface area contributed by atoms with Crippen LogP contribution in [0.2, 0.25) is 5.02 Å². The molecule has 3 N–H and O–H groups in total. The van der Waals surface area contributed by atoms with Gasteiger partial charge in [0.2, 0.25) is 0 Å². The molecule has 4 nitrogen and oxygen atoms in total. The number of anilines is 1. The average Bonchev–Trinajstić information content (AvgIpc) is 2.38.